The van der Waals surface area contributed by atoms with Gasteiger partial charge >= 0.3 is 0 Å². The van der Waals surface area contributed by atoms with E-state index in [0.717, 1.165) is 13.1 Å². The van der Waals surface area contributed by atoms with E-state index in [0.29, 0.717) is 26.2 Å². The molecule has 0 saturated carbocycles. The normalized spacial score (nSPS) is 14.2. The average Bonchev–Trinajstić information content (AvgIpc) is 2.49. The smallest absolute Gasteiger partial charge is 0.0788 e. The van der Waals surface area contributed by atoms with Gasteiger partial charge in [-0.05, 0) is 40.0 Å². The van der Waals surface area contributed by atoms with E-state index in [1.807, 2.05) is 14.1 Å². The predicted molar refractivity (Wildman–Crippen MR) is 93.3 cm³/mol. The number of aliphatic hydroxyl groups excluding tert-OH is 2. The van der Waals surface area contributed by atoms with Gasteiger partial charge in [0.15, 0.2) is 0 Å². The first kappa shape index (κ1) is 21.8. The van der Waals surface area contributed by atoms with Crippen LogP contribution in [0.2, 0.25) is 0 Å². The van der Waals surface area contributed by atoms with Gasteiger partial charge in [0.1, 0.15) is 0 Å². The maximum atomic E-state index is 9.51. The molecule has 6 nitrogen and oxygen atoms in total. The number of unbranched alkanes of at least 4 members (excludes halogenated alkanes) is 5. The van der Waals surface area contributed by atoms with Crippen LogP contribution >= 0.6 is 0 Å². The Morgan fingerprint density at radius 3 is 1.32 bits per heavy atom. The molecule has 0 aromatic carbocycles. The van der Waals surface area contributed by atoms with Crippen molar-refractivity contribution in [2.24, 2.45) is 0 Å². The van der Waals surface area contributed by atoms with Crippen molar-refractivity contribution < 1.29 is 10.2 Å². The maximum Gasteiger partial charge on any atom is 0.0788 e. The van der Waals surface area contributed by atoms with Gasteiger partial charge < -0.3 is 31.5 Å². The molecular weight excluding hydrogens is 280 g/mol. The molecule has 0 aliphatic heterocycles. The van der Waals surface area contributed by atoms with Gasteiger partial charge in [0, 0.05) is 26.2 Å². The van der Waals surface area contributed by atoms with E-state index in [1.165, 1.54) is 38.5 Å². The van der Waals surface area contributed by atoms with Crippen LogP contribution in [0.5, 0.6) is 0 Å². The number of hydrogen-bond acceptors (Lipinski definition) is 6. The molecule has 22 heavy (non-hydrogen) atoms. The van der Waals surface area contributed by atoms with Gasteiger partial charge in [0.05, 0.1) is 12.2 Å². The fraction of sp³-hybridized carbons (Fsp3) is 1.00. The predicted octanol–water partition coefficient (Wildman–Crippen LogP) is -0.333. The largest absolute Gasteiger partial charge is 0.390 e. The topological polar surface area (TPSA) is 88.6 Å². The zero-order valence-electron chi connectivity index (χ0n) is 14.5. The van der Waals surface area contributed by atoms with Crippen molar-refractivity contribution in [3.05, 3.63) is 0 Å². The highest BCUT2D eigenvalue weighted by Crippen LogP contribution is 2.04. The van der Waals surface area contributed by atoms with E-state index in [9.17, 15) is 10.2 Å². The summed E-state index contributed by atoms with van der Waals surface area (Å²) in [6.45, 7) is 4.62. The summed E-state index contributed by atoms with van der Waals surface area (Å²) in [5.41, 5.74) is 0. The Bertz CT molecular complexity index is 198. The number of likely N-dealkylation sites (N-methyl/N-ethyl adjacent to an activating group) is 2. The van der Waals surface area contributed by atoms with E-state index >= 15 is 0 Å². The molecule has 0 fully saturated rings. The Labute approximate surface area is 136 Å². The van der Waals surface area contributed by atoms with Crippen LogP contribution in [0.4, 0.5) is 0 Å². The standard InChI is InChI=1S/C16H38N4O2/c1-17-11-15(21)13-19-9-7-5-3-4-6-8-10-20-14-16(22)12-18-2/h15-22H,3-14H2,1-2H3/t15-,16-/m0/s1. The summed E-state index contributed by atoms with van der Waals surface area (Å²) in [7, 11) is 3.70. The van der Waals surface area contributed by atoms with Crippen LogP contribution in [0.15, 0.2) is 0 Å². The van der Waals surface area contributed by atoms with Crippen molar-refractivity contribution in [3.8, 4) is 0 Å². The van der Waals surface area contributed by atoms with Crippen LogP contribution in [0.1, 0.15) is 38.5 Å². The zero-order valence-corrected chi connectivity index (χ0v) is 14.5. The quantitative estimate of drug-likeness (QED) is 0.206. The molecule has 0 bridgehead atoms. The Balaban J connectivity index is 3.08. The maximum absolute atomic E-state index is 9.51. The Hall–Kier alpha value is -0.240. The number of aliphatic hydroxyl groups is 2. The fourth-order valence-electron chi connectivity index (χ4n) is 2.36. The van der Waals surface area contributed by atoms with Crippen LogP contribution in [-0.4, -0.2) is 75.8 Å². The van der Waals surface area contributed by atoms with Crippen molar-refractivity contribution in [3.63, 3.8) is 0 Å². The summed E-state index contributed by atoms with van der Waals surface area (Å²) in [5.74, 6) is 0. The summed E-state index contributed by atoms with van der Waals surface area (Å²) in [6.07, 6.45) is 6.86. The third kappa shape index (κ3) is 16.1. The number of nitrogens with one attached hydrogen (secondary N) is 4. The highest BCUT2D eigenvalue weighted by molar-refractivity contribution is 4.62. The fourth-order valence-corrected chi connectivity index (χ4v) is 2.36. The van der Waals surface area contributed by atoms with Crippen molar-refractivity contribution in [1.82, 2.24) is 21.3 Å². The first-order valence-corrected chi connectivity index (χ1v) is 8.77. The Kier molecular flexibility index (Phi) is 16.9. The van der Waals surface area contributed by atoms with E-state index in [-0.39, 0.29) is 12.2 Å². The molecule has 0 aromatic heterocycles. The van der Waals surface area contributed by atoms with Crippen LogP contribution < -0.4 is 21.3 Å². The van der Waals surface area contributed by atoms with Gasteiger partial charge in [0.25, 0.3) is 0 Å². The van der Waals surface area contributed by atoms with Crippen LogP contribution in [-0.2, 0) is 0 Å². The second kappa shape index (κ2) is 17.1. The van der Waals surface area contributed by atoms with Crippen molar-refractivity contribution in [2.45, 2.75) is 50.7 Å². The van der Waals surface area contributed by atoms with E-state index in [2.05, 4.69) is 21.3 Å². The molecule has 0 amide bonds. The first-order chi connectivity index (χ1) is 10.7. The van der Waals surface area contributed by atoms with Crippen molar-refractivity contribution in [1.29, 1.82) is 0 Å². The summed E-state index contributed by atoms with van der Waals surface area (Å²) >= 11 is 0. The summed E-state index contributed by atoms with van der Waals surface area (Å²) in [5, 5.41) is 31.5. The monoisotopic (exact) mass is 318 g/mol. The molecule has 0 saturated heterocycles. The average molecular weight is 319 g/mol. The molecule has 0 aromatic rings. The molecule has 0 aliphatic carbocycles. The van der Waals surface area contributed by atoms with Gasteiger partial charge in [-0.25, -0.2) is 0 Å². The molecule has 2 atom stereocenters. The minimum absolute atomic E-state index is 0.288. The molecule has 6 N–H and O–H groups in total. The van der Waals surface area contributed by atoms with Crippen molar-refractivity contribution >= 4 is 0 Å². The van der Waals surface area contributed by atoms with E-state index in [1.54, 1.807) is 0 Å². The molecule has 6 heteroatoms. The third-order valence-electron chi connectivity index (χ3n) is 3.60. The summed E-state index contributed by atoms with van der Waals surface area (Å²) in [6, 6.07) is 0. The second-order valence-corrected chi connectivity index (χ2v) is 5.95. The van der Waals surface area contributed by atoms with E-state index < -0.39 is 0 Å². The lowest BCUT2D eigenvalue weighted by Gasteiger charge is -2.11. The number of hydrogen-bond donors (Lipinski definition) is 6. The SMILES string of the molecule is CNC[C@H](O)CNCCCCCCCCNC[C@@H](O)CNC. The summed E-state index contributed by atoms with van der Waals surface area (Å²) < 4.78 is 0. The van der Waals surface area contributed by atoms with Crippen LogP contribution in [0, 0.1) is 0 Å². The molecular formula is C16H38N4O2. The first-order valence-electron chi connectivity index (χ1n) is 8.77. The Morgan fingerprint density at radius 2 is 0.955 bits per heavy atom. The zero-order chi connectivity index (χ0) is 16.5. The van der Waals surface area contributed by atoms with Gasteiger partial charge in [-0.15, -0.1) is 0 Å². The Morgan fingerprint density at radius 1 is 0.591 bits per heavy atom. The molecule has 0 spiro atoms. The van der Waals surface area contributed by atoms with E-state index in [4.69, 9.17) is 0 Å². The molecule has 0 unspecified atom stereocenters. The van der Waals surface area contributed by atoms with Gasteiger partial charge in [-0.2, -0.15) is 0 Å². The molecule has 0 aliphatic rings. The highest BCUT2D eigenvalue weighted by atomic mass is 16.3. The minimum Gasteiger partial charge on any atom is -0.390 e. The minimum atomic E-state index is -0.288. The second-order valence-electron chi connectivity index (χ2n) is 5.95. The molecule has 0 radical (unpaired) electrons. The molecule has 0 heterocycles. The van der Waals surface area contributed by atoms with Gasteiger partial charge in [-0.3, -0.25) is 0 Å². The summed E-state index contributed by atoms with van der Waals surface area (Å²) in [4.78, 5) is 0. The third-order valence-corrected chi connectivity index (χ3v) is 3.60. The lowest BCUT2D eigenvalue weighted by molar-refractivity contribution is 0.171. The number of rotatable bonds is 17. The van der Waals surface area contributed by atoms with Gasteiger partial charge in [-0.1, -0.05) is 25.7 Å². The van der Waals surface area contributed by atoms with Crippen molar-refractivity contribution in [2.75, 3.05) is 53.4 Å². The van der Waals surface area contributed by atoms with Gasteiger partial charge in [0.2, 0.25) is 0 Å². The molecule has 0 rings (SSSR count). The lowest BCUT2D eigenvalue weighted by atomic mass is 10.1. The lowest BCUT2D eigenvalue weighted by Crippen LogP contribution is -2.34. The van der Waals surface area contributed by atoms with Crippen LogP contribution in [0.3, 0.4) is 0 Å². The van der Waals surface area contributed by atoms with Crippen LogP contribution in [0.25, 0.3) is 0 Å². The molecule has 134 valence electrons. The highest BCUT2D eigenvalue weighted by Gasteiger charge is 2.01.